The lowest BCUT2D eigenvalue weighted by atomic mass is 9.94. The van der Waals surface area contributed by atoms with Crippen LogP contribution in [0.25, 0.3) is 11.0 Å². The summed E-state index contributed by atoms with van der Waals surface area (Å²) in [4.78, 5) is 28.6. The number of aryl methyl sites for hydroxylation is 1. The van der Waals surface area contributed by atoms with E-state index in [2.05, 4.69) is 31.2 Å². The Morgan fingerprint density at radius 3 is 2.88 bits per heavy atom. The van der Waals surface area contributed by atoms with Crippen LogP contribution in [-0.4, -0.2) is 43.4 Å². The van der Waals surface area contributed by atoms with Gasteiger partial charge < -0.3 is 9.88 Å². The first-order chi connectivity index (χ1) is 15.7. The molecule has 1 fully saturated rings. The van der Waals surface area contributed by atoms with Gasteiger partial charge in [0.1, 0.15) is 0 Å². The Morgan fingerprint density at radius 2 is 2.06 bits per heavy atom. The molecule has 0 saturated carbocycles. The van der Waals surface area contributed by atoms with Crippen molar-refractivity contribution in [3.8, 4) is 0 Å². The van der Waals surface area contributed by atoms with Crippen LogP contribution < -0.4 is 5.32 Å². The number of rotatable bonds is 5. The lowest BCUT2D eigenvalue weighted by Crippen LogP contribution is -2.34. The summed E-state index contributed by atoms with van der Waals surface area (Å²) in [5.74, 6) is 0.211. The van der Waals surface area contributed by atoms with Crippen LogP contribution in [-0.2, 0) is 13.6 Å². The summed E-state index contributed by atoms with van der Waals surface area (Å²) in [6.45, 7) is 2.90. The SMILES string of the molecule is Cn1cnc2ccc(NC(=O)c3ccc(C4CCCN(Cc5ccccn5)C4)nc3)cc21. The molecule has 5 rings (SSSR count). The van der Waals surface area contributed by atoms with Crippen molar-refractivity contribution in [3.63, 3.8) is 0 Å². The number of anilines is 1. The molecule has 1 unspecified atom stereocenters. The normalized spacial score (nSPS) is 16.8. The predicted molar refractivity (Wildman–Crippen MR) is 124 cm³/mol. The van der Waals surface area contributed by atoms with E-state index < -0.39 is 0 Å². The van der Waals surface area contributed by atoms with E-state index in [0.29, 0.717) is 11.5 Å². The topological polar surface area (TPSA) is 75.9 Å². The molecule has 1 amide bonds. The molecule has 3 aromatic heterocycles. The molecule has 0 bridgehead atoms. The summed E-state index contributed by atoms with van der Waals surface area (Å²) >= 11 is 0. The summed E-state index contributed by atoms with van der Waals surface area (Å²) in [5, 5.41) is 2.97. The highest BCUT2D eigenvalue weighted by molar-refractivity contribution is 6.04. The molecule has 4 aromatic rings. The second-order valence-corrected chi connectivity index (χ2v) is 8.38. The molecule has 0 spiro atoms. The molecule has 1 aliphatic heterocycles. The Kier molecular flexibility index (Phi) is 5.64. The summed E-state index contributed by atoms with van der Waals surface area (Å²) in [6.07, 6.45) is 7.55. The van der Waals surface area contributed by atoms with Gasteiger partial charge in [0.05, 0.1) is 28.6 Å². The number of imidazole rings is 1. The fourth-order valence-corrected chi connectivity index (χ4v) is 4.35. The number of piperidine rings is 1. The first-order valence-corrected chi connectivity index (χ1v) is 11.0. The monoisotopic (exact) mass is 426 g/mol. The minimum absolute atomic E-state index is 0.161. The van der Waals surface area contributed by atoms with E-state index in [-0.39, 0.29) is 5.91 Å². The van der Waals surface area contributed by atoms with Gasteiger partial charge in [-0.15, -0.1) is 0 Å². The average molecular weight is 427 g/mol. The van der Waals surface area contributed by atoms with Gasteiger partial charge in [-0.3, -0.25) is 19.7 Å². The van der Waals surface area contributed by atoms with Gasteiger partial charge in [0, 0.05) is 49.8 Å². The molecule has 162 valence electrons. The summed E-state index contributed by atoms with van der Waals surface area (Å²) in [6, 6.07) is 15.6. The van der Waals surface area contributed by atoms with Crippen molar-refractivity contribution < 1.29 is 4.79 Å². The number of nitrogens with zero attached hydrogens (tertiary/aromatic N) is 5. The lowest BCUT2D eigenvalue weighted by molar-refractivity contribution is 0.102. The third-order valence-corrected chi connectivity index (χ3v) is 6.07. The average Bonchev–Trinajstić information content (AvgIpc) is 3.20. The fraction of sp³-hybridized carbons (Fsp3) is 0.280. The first-order valence-electron chi connectivity index (χ1n) is 11.0. The summed E-state index contributed by atoms with van der Waals surface area (Å²) in [7, 11) is 1.94. The van der Waals surface area contributed by atoms with Crippen molar-refractivity contribution in [2.75, 3.05) is 18.4 Å². The van der Waals surface area contributed by atoms with Crippen molar-refractivity contribution in [1.82, 2.24) is 24.4 Å². The number of benzene rings is 1. The molecule has 1 saturated heterocycles. The van der Waals surface area contributed by atoms with Crippen molar-refractivity contribution in [2.24, 2.45) is 7.05 Å². The third kappa shape index (κ3) is 4.38. The molecule has 1 N–H and O–H groups in total. The maximum absolute atomic E-state index is 12.7. The fourth-order valence-electron chi connectivity index (χ4n) is 4.35. The van der Waals surface area contributed by atoms with E-state index in [1.165, 1.54) is 0 Å². The zero-order valence-electron chi connectivity index (χ0n) is 18.1. The molecule has 1 atom stereocenters. The molecule has 7 heteroatoms. The number of carbonyl (C=O) groups excluding carboxylic acids is 1. The van der Waals surface area contributed by atoms with E-state index in [9.17, 15) is 4.79 Å². The van der Waals surface area contributed by atoms with Gasteiger partial charge in [-0.05, 0) is 61.9 Å². The summed E-state index contributed by atoms with van der Waals surface area (Å²) < 4.78 is 1.93. The minimum Gasteiger partial charge on any atom is -0.334 e. The number of hydrogen-bond acceptors (Lipinski definition) is 5. The van der Waals surface area contributed by atoms with Gasteiger partial charge in [0.25, 0.3) is 5.91 Å². The standard InChI is InChI=1S/C25H26N6O/c1-30-17-28-23-10-8-20(13-24(23)30)29-25(32)18-7-9-22(27-14-18)19-5-4-12-31(15-19)16-21-6-2-3-11-26-21/h2-3,6-11,13-14,17,19H,4-5,12,15-16H2,1H3,(H,29,32). The van der Waals surface area contributed by atoms with Crippen LogP contribution in [0.15, 0.2) is 67.3 Å². The Hall–Kier alpha value is -3.58. The van der Waals surface area contributed by atoms with Crippen molar-refractivity contribution in [3.05, 3.63) is 84.2 Å². The zero-order chi connectivity index (χ0) is 21.9. The molecule has 4 heterocycles. The van der Waals surface area contributed by atoms with Crippen LogP contribution in [0.1, 0.15) is 40.5 Å². The predicted octanol–water partition coefficient (Wildman–Crippen LogP) is 4.00. The van der Waals surface area contributed by atoms with Gasteiger partial charge in [-0.2, -0.15) is 0 Å². The molecule has 7 nitrogen and oxygen atoms in total. The third-order valence-electron chi connectivity index (χ3n) is 6.07. The Labute approximate surface area is 187 Å². The molecule has 1 aromatic carbocycles. The highest BCUT2D eigenvalue weighted by Gasteiger charge is 2.23. The second-order valence-electron chi connectivity index (χ2n) is 8.38. The van der Waals surface area contributed by atoms with Crippen LogP contribution in [0.4, 0.5) is 5.69 Å². The van der Waals surface area contributed by atoms with Crippen molar-refractivity contribution in [1.29, 1.82) is 0 Å². The Balaban J connectivity index is 1.23. The highest BCUT2D eigenvalue weighted by Crippen LogP contribution is 2.26. The first kappa shape index (κ1) is 20.3. The largest absolute Gasteiger partial charge is 0.334 e. The van der Waals surface area contributed by atoms with E-state index in [4.69, 9.17) is 0 Å². The van der Waals surface area contributed by atoms with E-state index in [0.717, 1.165) is 60.6 Å². The van der Waals surface area contributed by atoms with Gasteiger partial charge in [0.2, 0.25) is 0 Å². The van der Waals surface area contributed by atoms with Gasteiger partial charge in [-0.25, -0.2) is 4.98 Å². The molecule has 1 aliphatic rings. The molecule has 32 heavy (non-hydrogen) atoms. The van der Waals surface area contributed by atoms with E-state index >= 15 is 0 Å². The number of likely N-dealkylation sites (tertiary alicyclic amines) is 1. The zero-order valence-corrected chi connectivity index (χ0v) is 18.1. The smallest absolute Gasteiger partial charge is 0.257 e. The van der Waals surface area contributed by atoms with Gasteiger partial charge >= 0.3 is 0 Å². The highest BCUT2D eigenvalue weighted by atomic mass is 16.1. The van der Waals surface area contributed by atoms with Crippen LogP contribution >= 0.6 is 0 Å². The van der Waals surface area contributed by atoms with Crippen LogP contribution in [0.3, 0.4) is 0 Å². The second kappa shape index (κ2) is 8.88. The lowest BCUT2D eigenvalue weighted by Gasteiger charge is -2.32. The number of hydrogen-bond donors (Lipinski definition) is 1. The number of nitrogens with one attached hydrogen (secondary N) is 1. The van der Waals surface area contributed by atoms with Crippen molar-refractivity contribution >= 4 is 22.6 Å². The van der Waals surface area contributed by atoms with Crippen LogP contribution in [0, 0.1) is 0 Å². The Bertz CT molecular complexity index is 1220. The number of carbonyl (C=O) groups is 1. The maximum atomic E-state index is 12.7. The van der Waals surface area contributed by atoms with Crippen LogP contribution in [0.5, 0.6) is 0 Å². The van der Waals surface area contributed by atoms with Crippen molar-refractivity contribution in [2.45, 2.75) is 25.3 Å². The number of aromatic nitrogens is 4. The summed E-state index contributed by atoms with van der Waals surface area (Å²) in [5.41, 5.74) is 5.32. The molecular weight excluding hydrogens is 400 g/mol. The van der Waals surface area contributed by atoms with E-state index in [1.54, 1.807) is 12.5 Å². The minimum atomic E-state index is -0.161. The van der Waals surface area contributed by atoms with E-state index in [1.807, 2.05) is 60.3 Å². The molecular formula is C25H26N6O. The molecule has 0 radical (unpaired) electrons. The number of amides is 1. The van der Waals surface area contributed by atoms with Gasteiger partial charge in [0.15, 0.2) is 0 Å². The maximum Gasteiger partial charge on any atom is 0.257 e. The molecule has 0 aliphatic carbocycles. The number of fused-ring (bicyclic) bond motifs is 1. The number of pyridine rings is 2. The quantitative estimate of drug-likeness (QED) is 0.522. The Morgan fingerprint density at radius 1 is 1.12 bits per heavy atom. The van der Waals surface area contributed by atoms with Gasteiger partial charge in [-0.1, -0.05) is 6.07 Å². The van der Waals surface area contributed by atoms with Crippen LogP contribution in [0.2, 0.25) is 0 Å².